The van der Waals surface area contributed by atoms with Gasteiger partial charge in [0.25, 0.3) is 0 Å². The van der Waals surface area contributed by atoms with Gasteiger partial charge in [-0.2, -0.15) is 0 Å². The fourth-order valence-electron chi connectivity index (χ4n) is 2.39. The summed E-state index contributed by atoms with van der Waals surface area (Å²) in [5.41, 5.74) is 0. The summed E-state index contributed by atoms with van der Waals surface area (Å²) in [4.78, 5) is 21.9. The Balaban J connectivity index is 2.08. The molecule has 2 fully saturated rings. The first-order valence-corrected chi connectivity index (χ1v) is 4.38. The molecule has 2 saturated carbocycles. The summed E-state index contributed by atoms with van der Waals surface area (Å²) in [6.07, 6.45) is 2.51. The molecule has 2 rings (SSSR count). The van der Waals surface area contributed by atoms with E-state index in [1.54, 1.807) is 0 Å². The summed E-state index contributed by atoms with van der Waals surface area (Å²) < 4.78 is 5.11. The second-order valence-electron chi connectivity index (χ2n) is 3.69. The molecule has 0 radical (unpaired) electrons. The van der Waals surface area contributed by atoms with Crippen LogP contribution in [0.1, 0.15) is 26.2 Å². The molecule has 0 unspecified atom stereocenters. The van der Waals surface area contributed by atoms with E-state index in [4.69, 9.17) is 4.74 Å². The minimum absolute atomic E-state index is 0.0268. The monoisotopic (exact) mass is 168 g/mol. The number of hydrogen-bond acceptors (Lipinski definition) is 3. The molecule has 0 spiro atoms. The highest BCUT2D eigenvalue weighted by atomic mass is 16.5. The van der Waals surface area contributed by atoms with E-state index in [-0.39, 0.29) is 23.8 Å². The van der Waals surface area contributed by atoms with Crippen molar-refractivity contribution in [1.82, 2.24) is 0 Å². The minimum atomic E-state index is -0.258. The molecule has 3 heteroatoms. The number of ketones is 1. The molecule has 3 nitrogen and oxygen atoms in total. The maximum atomic E-state index is 11.2. The Kier molecular flexibility index (Phi) is 1.67. The molecule has 2 aliphatic rings. The first kappa shape index (κ1) is 7.77. The van der Waals surface area contributed by atoms with Crippen molar-refractivity contribution in [3.63, 3.8) is 0 Å². The van der Waals surface area contributed by atoms with E-state index in [2.05, 4.69) is 0 Å². The predicted molar refractivity (Wildman–Crippen MR) is 41.4 cm³/mol. The first-order chi connectivity index (χ1) is 5.68. The highest BCUT2D eigenvalue weighted by Crippen LogP contribution is 2.44. The summed E-state index contributed by atoms with van der Waals surface area (Å²) in [5.74, 6) is 0.384. The molecule has 0 aromatic carbocycles. The van der Waals surface area contributed by atoms with Gasteiger partial charge in [-0.05, 0) is 12.8 Å². The largest absolute Gasteiger partial charge is 0.461 e. The van der Waals surface area contributed by atoms with E-state index in [1.165, 1.54) is 6.92 Å². The Hall–Kier alpha value is -0.860. The lowest BCUT2D eigenvalue weighted by Gasteiger charge is -2.13. The molecule has 12 heavy (non-hydrogen) atoms. The van der Waals surface area contributed by atoms with Crippen LogP contribution >= 0.6 is 0 Å². The van der Waals surface area contributed by atoms with E-state index in [0.29, 0.717) is 12.3 Å². The lowest BCUT2D eigenvalue weighted by atomic mass is 10.00. The second kappa shape index (κ2) is 2.57. The number of ether oxygens (including phenoxy) is 1. The zero-order valence-electron chi connectivity index (χ0n) is 7.08. The average molecular weight is 168 g/mol. The maximum Gasteiger partial charge on any atom is 0.302 e. The molecular formula is C9H12O3. The van der Waals surface area contributed by atoms with Crippen molar-refractivity contribution in [2.75, 3.05) is 0 Å². The highest BCUT2D eigenvalue weighted by molar-refractivity contribution is 5.85. The Morgan fingerprint density at radius 3 is 2.67 bits per heavy atom. The normalized spacial score (nSPS) is 38.8. The average Bonchev–Trinajstić information content (AvgIpc) is 2.44. The molecule has 2 aliphatic carbocycles. The van der Waals surface area contributed by atoms with Gasteiger partial charge in [0.15, 0.2) is 0 Å². The molecule has 0 amide bonds. The smallest absolute Gasteiger partial charge is 0.302 e. The number of rotatable bonds is 1. The van der Waals surface area contributed by atoms with Crippen LogP contribution in [0.4, 0.5) is 0 Å². The zero-order chi connectivity index (χ0) is 8.72. The molecule has 0 aromatic rings. The predicted octanol–water partition coefficient (Wildman–Crippen LogP) is 0.917. The summed E-state index contributed by atoms with van der Waals surface area (Å²) in [6, 6.07) is 0. The van der Waals surface area contributed by atoms with Crippen LogP contribution in [-0.4, -0.2) is 17.9 Å². The van der Waals surface area contributed by atoms with E-state index in [1.807, 2.05) is 0 Å². The van der Waals surface area contributed by atoms with Crippen LogP contribution in [0.2, 0.25) is 0 Å². The third-order valence-electron chi connectivity index (χ3n) is 2.89. The first-order valence-electron chi connectivity index (χ1n) is 4.38. The SMILES string of the molecule is CC(=O)O[C@H]1[C@@H]2CC[C@H]1C(=O)C2. The van der Waals surface area contributed by atoms with Crippen LogP contribution in [-0.2, 0) is 14.3 Å². The standard InChI is InChI=1S/C9H12O3/c1-5(10)12-9-6-2-3-7(9)8(11)4-6/h6-7,9H,2-4H2,1H3/t6-,7+,9+/m1/s1. The van der Waals surface area contributed by atoms with E-state index in [9.17, 15) is 9.59 Å². The topological polar surface area (TPSA) is 43.4 Å². The number of hydrogen-bond donors (Lipinski definition) is 0. The van der Waals surface area contributed by atoms with Crippen molar-refractivity contribution in [3.05, 3.63) is 0 Å². The fourth-order valence-corrected chi connectivity index (χ4v) is 2.39. The van der Waals surface area contributed by atoms with Crippen LogP contribution in [0.15, 0.2) is 0 Å². The Labute approximate surface area is 71.1 Å². The molecule has 0 N–H and O–H groups in total. The number of Topliss-reactive ketones (excluding diaryl/α,β-unsaturated/α-hetero) is 1. The Morgan fingerprint density at radius 1 is 1.50 bits per heavy atom. The van der Waals surface area contributed by atoms with Crippen LogP contribution in [0.5, 0.6) is 0 Å². The van der Waals surface area contributed by atoms with Gasteiger partial charge in [-0.15, -0.1) is 0 Å². The van der Waals surface area contributed by atoms with Crippen LogP contribution < -0.4 is 0 Å². The minimum Gasteiger partial charge on any atom is -0.461 e. The van der Waals surface area contributed by atoms with Gasteiger partial charge < -0.3 is 4.74 Å². The van der Waals surface area contributed by atoms with Gasteiger partial charge in [0.05, 0.1) is 5.92 Å². The molecule has 66 valence electrons. The van der Waals surface area contributed by atoms with Crippen molar-refractivity contribution >= 4 is 11.8 Å². The summed E-state index contributed by atoms with van der Waals surface area (Å²) in [7, 11) is 0. The van der Waals surface area contributed by atoms with Crippen molar-refractivity contribution < 1.29 is 14.3 Å². The van der Waals surface area contributed by atoms with Crippen molar-refractivity contribution in [1.29, 1.82) is 0 Å². The van der Waals surface area contributed by atoms with E-state index < -0.39 is 0 Å². The van der Waals surface area contributed by atoms with Crippen molar-refractivity contribution in [2.24, 2.45) is 11.8 Å². The number of esters is 1. The van der Waals surface area contributed by atoms with Gasteiger partial charge in [0, 0.05) is 19.3 Å². The Morgan fingerprint density at radius 2 is 2.25 bits per heavy atom. The van der Waals surface area contributed by atoms with E-state index >= 15 is 0 Å². The summed E-state index contributed by atoms with van der Waals surface area (Å²) in [6.45, 7) is 1.40. The lowest BCUT2D eigenvalue weighted by molar-refractivity contribution is -0.148. The quantitative estimate of drug-likeness (QED) is 0.547. The second-order valence-corrected chi connectivity index (χ2v) is 3.69. The molecular weight excluding hydrogens is 156 g/mol. The third-order valence-corrected chi connectivity index (χ3v) is 2.89. The summed E-state index contributed by atoms with van der Waals surface area (Å²) in [5, 5.41) is 0. The Bertz CT molecular complexity index is 234. The fraction of sp³-hybridized carbons (Fsp3) is 0.778. The van der Waals surface area contributed by atoms with Gasteiger partial charge in [0.1, 0.15) is 11.9 Å². The molecule has 0 aromatic heterocycles. The summed E-state index contributed by atoms with van der Waals surface area (Å²) >= 11 is 0. The molecule has 0 aliphatic heterocycles. The molecule has 3 atom stereocenters. The number of carbonyl (C=O) groups is 2. The van der Waals surface area contributed by atoms with E-state index in [0.717, 1.165) is 12.8 Å². The lowest BCUT2D eigenvalue weighted by Crippen LogP contribution is -2.22. The van der Waals surface area contributed by atoms with Gasteiger partial charge in [0.2, 0.25) is 0 Å². The number of fused-ring (bicyclic) bond motifs is 2. The van der Waals surface area contributed by atoms with Crippen LogP contribution in [0, 0.1) is 11.8 Å². The van der Waals surface area contributed by atoms with Gasteiger partial charge in [-0.1, -0.05) is 0 Å². The van der Waals surface area contributed by atoms with Crippen molar-refractivity contribution in [3.8, 4) is 0 Å². The zero-order valence-corrected chi connectivity index (χ0v) is 7.08. The maximum absolute atomic E-state index is 11.2. The number of carbonyl (C=O) groups excluding carboxylic acids is 2. The van der Waals surface area contributed by atoms with Gasteiger partial charge >= 0.3 is 5.97 Å². The highest BCUT2D eigenvalue weighted by Gasteiger charge is 2.49. The van der Waals surface area contributed by atoms with Gasteiger partial charge in [-0.3, -0.25) is 9.59 Å². The molecule has 2 bridgehead atoms. The van der Waals surface area contributed by atoms with Gasteiger partial charge in [-0.25, -0.2) is 0 Å². The van der Waals surface area contributed by atoms with Crippen molar-refractivity contribution in [2.45, 2.75) is 32.3 Å². The molecule has 0 saturated heterocycles. The van der Waals surface area contributed by atoms with Crippen LogP contribution in [0.25, 0.3) is 0 Å². The molecule has 0 heterocycles. The van der Waals surface area contributed by atoms with Crippen LogP contribution in [0.3, 0.4) is 0 Å². The third kappa shape index (κ3) is 1.04.